The van der Waals surface area contributed by atoms with Gasteiger partial charge in [0.2, 0.25) is 0 Å². The molecule has 6 heteroatoms. The first-order valence-electron chi connectivity index (χ1n) is 6.07. The number of rotatable bonds is 3. The number of carbonyl (C=O) groups is 2. The summed E-state index contributed by atoms with van der Waals surface area (Å²) in [6.45, 7) is 0.198. The molecule has 0 saturated heterocycles. The van der Waals surface area contributed by atoms with E-state index in [0.717, 1.165) is 5.56 Å². The molecule has 100 valence electrons. The fourth-order valence-electron chi connectivity index (χ4n) is 2.22. The molecule has 2 aromatic rings. The molecule has 0 atom stereocenters. The molecule has 6 nitrogen and oxygen atoms in total. The molecule has 3 rings (SSSR count). The van der Waals surface area contributed by atoms with Crippen molar-refractivity contribution in [2.24, 2.45) is 5.84 Å². The summed E-state index contributed by atoms with van der Waals surface area (Å²) >= 11 is 0. The molecule has 0 bridgehead atoms. The van der Waals surface area contributed by atoms with Crippen LogP contribution in [0.2, 0.25) is 0 Å². The summed E-state index contributed by atoms with van der Waals surface area (Å²) in [4.78, 5) is 29.6. The van der Waals surface area contributed by atoms with Gasteiger partial charge >= 0.3 is 0 Å². The van der Waals surface area contributed by atoms with Crippen molar-refractivity contribution in [1.82, 2.24) is 9.88 Å². The molecule has 0 saturated carbocycles. The first kappa shape index (κ1) is 12.3. The van der Waals surface area contributed by atoms with Crippen LogP contribution in [0, 0.1) is 0 Å². The van der Waals surface area contributed by atoms with Crippen molar-refractivity contribution in [2.45, 2.75) is 6.54 Å². The van der Waals surface area contributed by atoms with Crippen LogP contribution in [0.3, 0.4) is 0 Å². The predicted octanol–water partition coefficient (Wildman–Crippen LogP) is 1.16. The van der Waals surface area contributed by atoms with Crippen LogP contribution in [0.4, 0.5) is 5.82 Å². The number of fused-ring (bicyclic) bond motifs is 1. The van der Waals surface area contributed by atoms with Crippen molar-refractivity contribution >= 4 is 17.6 Å². The maximum atomic E-state index is 12.2. The van der Waals surface area contributed by atoms with Crippen molar-refractivity contribution in [2.75, 3.05) is 5.43 Å². The molecule has 20 heavy (non-hydrogen) atoms. The van der Waals surface area contributed by atoms with Crippen LogP contribution in [0.5, 0.6) is 0 Å². The third kappa shape index (κ3) is 1.92. The number of pyridine rings is 1. The number of hydrogen-bond acceptors (Lipinski definition) is 5. The highest BCUT2D eigenvalue weighted by molar-refractivity contribution is 6.21. The van der Waals surface area contributed by atoms with Crippen LogP contribution >= 0.6 is 0 Å². The fourth-order valence-corrected chi connectivity index (χ4v) is 2.22. The van der Waals surface area contributed by atoms with E-state index in [-0.39, 0.29) is 18.4 Å². The van der Waals surface area contributed by atoms with Gasteiger partial charge in [-0.1, -0.05) is 12.1 Å². The number of nitrogens with two attached hydrogens (primary N) is 1. The molecule has 0 spiro atoms. The molecular weight excluding hydrogens is 256 g/mol. The number of nitrogens with zero attached hydrogens (tertiary/aromatic N) is 2. The van der Waals surface area contributed by atoms with E-state index >= 15 is 0 Å². The van der Waals surface area contributed by atoms with Gasteiger partial charge in [-0.3, -0.25) is 14.5 Å². The molecule has 0 radical (unpaired) electrons. The van der Waals surface area contributed by atoms with Crippen molar-refractivity contribution in [3.63, 3.8) is 0 Å². The molecule has 2 heterocycles. The summed E-state index contributed by atoms with van der Waals surface area (Å²) in [6, 6.07) is 10.3. The molecule has 0 unspecified atom stereocenters. The van der Waals surface area contributed by atoms with E-state index in [4.69, 9.17) is 5.84 Å². The number of nitrogens with one attached hydrogen (secondary N) is 1. The second kappa shape index (κ2) is 4.75. The summed E-state index contributed by atoms with van der Waals surface area (Å²) in [7, 11) is 0. The van der Waals surface area contributed by atoms with E-state index in [1.807, 2.05) is 0 Å². The highest BCUT2D eigenvalue weighted by Crippen LogP contribution is 2.24. The lowest BCUT2D eigenvalue weighted by atomic mass is 10.1. The highest BCUT2D eigenvalue weighted by atomic mass is 16.2. The average Bonchev–Trinajstić information content (AvgIpc) is 2.73. The van der Waals surface area contributed by atoms with Gasteiger partial charge in [0.1, 0.15) is 5.82 Å². The molecule has 0 fully saturated rings. The van der Waals surface area contributed by atoms with Crippen LogP contribution in [0.25, 0.3) is 0 Å². The number of anilines is 1. The van der Waals surface area contributed by atoms with Gasteiger partial charge in [-0.15, -0.1) is 0 Å². The van der Waals surface area contributed by atoms with Crippen LogP contribution in [0.15, 0.2) is 42.6 Å². The first-order chi connectivity index (χ1) is 9.70. The number of carbonyl (C=O) groups excluding carboxylic acids is 2. The van der Waals surface area contributed by atoms with Crippen LogP contribution in [0.1, 0.15) is 26.3 Å². The van der Waals surface area contributed by atoms with Gasteiger partial charge in [-0.05, 0) is 29.8 Å². The third-order valence-corrected chi connectivity index (χ3v) is 3.19. The lowest BCUT2D eigenvalue weighted by molar-refractivity contribution is 0.0642. The zero-order valence-corrected chi connectivity index (χ0v) is 10.5. The number of hydrogen-bond donors (Lipinski definition) is 2. The Balaban J connectivity index is 1.89. The first-order valence-corrected chi connectivity index (χ1v) is 6.07. The van der Waals surface area contributed by atoms with Gasteiger partial charge in [-0.25, -0.2) is 10.8 Å². The number of aromatic nitrogens is 1. The molecule has 1 aliphatic rings. The van der Waals surface area contributed by atoms with Crippen LogP contribution < -0.4 is 11.3 Å². The summed E-state index contributed by atoms with van der Waals surface area (Å²) < 4.78 is 0. The van der Waals surface area contributed by atoms with Gasteiger partial charge in [0.25, 0.3) is 11.8 Å². The molecule has 1 aromatic carbocycles. The smallest absolute Gasteiger partial charge is 0.261 e. The topological polar surface area (TPSA) is 88.3 Å². The molecular formula is C14H12N4O2. The Morgan fingerprint density at radius 2 is 1.75 bits per heavy atom. The van der Waals surface area contributed by atoms with Crippen molar-refractivity contribution in [3.8, 4) is 0 Å². The van der Waals surface area contributed by atoms with Crippen LogP contribution in [-0.2, 0) is 6.54 Å². The molecule has 1 aliphatic heterocycles. The standard InChI is InChI=1S/C14H12N4O2/c15-17-12-7-9(5-6-16-12)8-18-13(19)10-3-1-2-4-11(10)14(18)20/h1-7H,8,15H2,(H,16,17). The summed E-state index contributed by atoms with van der Waals surface area (Å²) in [6.07, 6.45) is 1.57. The summed E-state index contributed by atoms with van der Waals surface area (Å²) in [5, 5.41) is 0. The monoisotopic (exact) mass is 268 g/mol. The van der Waals surface area contributed by atoms with E-state index in [1.54, 1.807) is 42.6 Å². The Morgan fingerprint density at radius 3 is 2.35 bits per heavy atom. The van der Waals surface area contributed by atoms with Gasteiger partial charge < -0.3 is 5.43 Å². The average molecular weight is 268 g/mol. The predicted molar refractivity (Wildman–Crippen MR) is 72.7 cm³/mol. The zero-order chi connectivity index (χ0) is 14.1. The maximum absolute atomic E-state index is 12.2. The SMILES string of the molecule is NNc1cc(CN2C(=O)c3ccccc3C2=O)ccn1. The summed E-state index contributed by atoms with van der Waals surface area (Å²) in [5.74, 6) is 5.23. The van der Waals surface area contributed by atoms with Gasteiger partial charge in [-0.2, -0.15) is 0 Å². The van der Waals surface area contributed by atoms with Crippen molar-refractivity contribution in [1.29, 1.82) is 0 Å². The Labute approximate surface area is 115 Å². The Morgan fingerprint density at radius 1 is 1.10 bits per heavy atom. The van der Waals surface area contributed by atoms with E-state index in [2.05, 4.69) is 10.4 Å². The number of imide groups is 1. The van der Waals surface area contributed by atoms with E-state index in [0.29, 0.717) is 16.9 Å². The second-order valence-corrected chi connectivity index (χ2v) is 4.44. The van der Waals surface area contributed by atoms with Crippen molar-refractivity contribution in [3.05, 3.63) is 59.3 Å². The van der Waals surface area contributed by atoms with Crippen LogP contribution in [-0.4, -0.2) is 21.7 Å². The van der Waals surface area contributed by atoms with Gasteiger partial charge in [0.05, 0.1) is 17.7 Å². The number of hydrazine groups is 1. The van der Waals surface area contributed by atoms with E-state index in [1.165, 1.54) is 4.90 Å². The lowest BCUT2D eigenvalue weighted by Crippen LogP contribution is -2.29. The Bertz CT molecular complexity index is 664. The lowest BCUT2D eigenvalue weighted by Gasteiger charge is -2.14. The Hall–Kier alpha value is -2.73. The zero-order valence-electron chi connectivity index (χ0n) is 10.5. The molecule has 3 N–H and O–H groups in total. The minimum absolute atomic E-state index is 0.198. The largest absolute Gasteiger partial charge is 0.308 e. The van der Waals surface area contributed by atoms with Crippen molar-refractivity contribution < 1.29 is 9.59 Å². The summed E-state index contributed by atoms with van der Waals surface area (Å²) in [5.41, 5.74) is 4.11. The Kier molecular flexibility index (Phi) is 2.92. The number of nitrogen functional groups attached to an aromatic ring is 1. The maximum Gasteiger partial charge on any atom is 0.261 e. The number of amides is 2. The highest BCUT2D eigenvalue weighted by Gasteiger charge is 2.34. The quantitative estimate of drug-likeness (QED) is 0.495. The van der Waals surface area contributed by atoms with Gasteiger partial charge in [0.15, 0.2) is 0 Å². The fraction of sp³-hybridized carbons (Fsp3) is 0.0714. The second-order valence-electron chi connectivity index (χ2n) is 4.44. The number of benzene rings is 1. The minimum Gasteiger partial charge on any atom is -0.308 e. The minimum atomic E-state index is -0.273. The molecule has 0 aliphatic carbocycles. The normalized spacial score (nSPS) is 13.6. The third-order valence-electron chi connectivity index (χ3n) is 3.19. The molecule has 2 amide bonds. The van der Waals surface area contributed by atoms with Gasteiger partial charge in [0, 0.05) is 6.20 Å². The molecule has 1 aromatic heterocycles. The van der Waals surface area contributed by atoms with E-state index < -0.39 is 0 Å². The van der Waals surface area contributed by atoms with E-state index in [9.17, 15) is 9.59 Å².